The smallest absolute Gasteiger partial charge is 0.224 e. The zero-order valence-corrected chi connectivity index (χ0v) is 13.2. The first-order valence-electron chi connectivity index (χ1n) is 7.77. The molecule has 0 aliphatic heterocycles. The van der Waals surface area contributed by atoms with Gasteiger partial charge in [0.15, 0.2) is 0 Å². The fraction of sp³-hybridized carbons (Fsp3) is 0.100. The zero-order chi connectivity index (χ0) is 16.6. The number of aromatic nitrogens is 1. The van der Waals surface area contributed by atoms with Crippen LogP contribution in [0, 0.1) is 0 Å². The predicted octanol–water partition coefficient (Wildman–Crippen LogP) is 3.73. The van der Waals surface area contributed by atoms with Gasteiger partial charge in [-0.25, -0.2) is 0 Å². The Bertz CT molecular complexity index is 772. The van der Waals surface area contributed by atoms with Gasteiger partial charge in [-0.3, -0.25) is 9.78 Å². The van der Waals surface area contributed by atoms with Crippen LogP contribution in [-0.4, -0.2) is 10.9 Å². The van der Waals surface area contributed by atoms with Crippen molar-refractivity contribution in [3.8, 4) is 11.5 Å². The van der Waals surface area contributed by atoms with Gasteiger partial charge in [0, 0.05) is 18.9 Å². The van der Waals surface area contributed by atoms with E-state index in [2.05, 4.69) is 10.3 Å². The van der Waals surface area contributed by atoms with Gasteiger partial charge in [0.1, 0.15) is 11.5 Å². The molecule has 3 rings (SSSR count). The second-order valence-electron chi connectivity index (χ2n) is 5.37. The lowest BCUT2D eigenvalue weighted by Crippen LogP contribution is -2.24. The van der Waals surface area contributed by atoms with Crippen LogP contribution in [0.2, 0.25) is 0 Å². The lowest BCUT2D eigenvalue weighted by atomic mass is 10.1. The second-order valence-corrected chi connectivity index (χ2v) is 5.37. The van der Waals surface area contributed by atoms with E-state index in [1.54, 1.807) is 12.4 Å². The summed E-state index contributed by atoms with van der Waals surface area (Å²) < 4.78 is 5.74. The third kappa shape index (κ3) is 4.68. The van der Waals surface area contributed by atoms with Crippen molar-refractivity contribution in [2.24, 2.45) is 0 Å². The van der Waals surface area contributed by atoms with E-state index in [4.69, 9.17) is 4.74 Å². The lowest BCUT2D eigenvalue weighted by molar-refractivity contribution is -0.120. The number of nitrogens with one attached hydrogen (secondary N) is 1. The Kier molecular flexibility index (Phi) is 5.20. The standard InChI is InChI=1S/C20H18N2O2/c23-20(22-15-17-5-4-12-21-14-17)13-16-8-10-19(11-9-16)24-18-6-2-1-3-7-18/h1-12,14H,13,15H2,(H,22,23). The van der Waals surface area contributed by atoms with Crippen molar-refractivity contribution < 1.29 is 9.53 Å². The Hall–Kier alpha value is -3.14. The molecule has 1 heterocycles. The van der Waals surface area contributed by atoms with Crippen molar-refractivity contribution in [2.45, 2.75) is 13.0 Å². The van der Waals surface area contributed by atoms with Gasteiger partial charge in [-0.1, -0.05) is 36.4 Å². The summed E-state index contributed by atoms with van der Waals surface area (Å²) >= 11 is 0. The van der Waals surface area contributed by atoms with Crippen molar-refractivity contribution in [3.63, 3.8) is 0 Å². The first kappa shape index (κ1) is 15.7. The summed E-state index contributed by atoms with van der Waals surface area (Å²) in [7, 11) is 0. The Balaban J connectivity index is 1.51. The molecule has 0 saturated carbocycles. The van der Waals surface area contributed by atoms with Crippen molar-refractivity contribution in [1.82, 2.24) is 10.3 Å². The molecule has 4 nitrogen and oxygen atoms in total. The van der Waals surface area contributed by atoms with Crippen LogP contribution in [0.25, 0.3) is 0 Å². The molecule has 0 atom stereocenters. The molecule has 0 unspecified atom stereocenters. The average molecular weight is 318 g/mol. The normalized spacial score (nSPS) is 10.2. The molecule has 0 fully saturated rings. The van der Waals surface area contributed by atoms with E-state index in [0.717, 1.165) is 22.6 Å². The number of pyridine rings is 1. The van der Waals surface area contributed by atoms with Crippen molar-refractivity contribution in [2.75, 3.05) is 0 Å². The zero-order valence-electron chi connectivity index (χ0n) is 13.2. The number of nitrogens with zero attached hydrogens (tertiary/aromatic N) is 1. The summed E-state index contributed by atoms with van der Waals surface area (Å²) in [4.78, 5) is 16.0. The Morgan fingerprint density at radius 1 is 0.875 bits per heavy atom. The first-order valence-corrected chi connectivity index (χ1v) is 7.77. The molecular weight excluding hydrogens is 300 g/mol. The van der Waals surface area contributed by atoms with E-state index in [-0.39, 0.29) is 5.91 Å². The number of hydrogen-bond acceptors (Lipinski definition) is 3. The summed E-state index contributed by atoms with van der Waals surface area (Å²) in [6.07, 6.45) is 3.80. The molecule has 1 amide bonds. The average Bonchev–Trinajstić information content (AvgIpc) is 2.63. The summed E-state index contributed by atoms with van der Waals surface area (Å²) in [5.41, 5.74) is 1.93. The number of benzene rings is 2. The Labute approximate surface area is 141 Å². The largest absolute Gasteiger partial charge is 0.457 e. The number of para-hydroxylation sites is 1. The van der Waals surface area contributed by atoms with Gasteiger partial charge in [0.25, 0.3) is 0 Å². The number of carbonyl (C=O) groups excluding carboxylic acids is 1. The van der Waals surface area contributed by atoms with E-state index in [1.165, 1.54) is 0 Å². The van der Waals surface area contributed by atoms with Crippen molar-refractivity contribution >= 4 is 5.91 Å². The molecule has 120 valence electrons. The summed E-state index contributed by atoms with van der Waals surface area (Å²) in [5, 5.41) is 2.89. The van der Waals surface area contributed by atoms with Gasteiger partial charge >= 0.3 is 0 Å². The summed E-state index contributed by atoms with van der Waals surface area (Å²) in [6, 6.07) is 20.9. The molecule has 1 N–H and O–H groups in total. The van der Waals surface area contributed by atoms with Crippen LogP contribution >= 0.6 is 0 Å². The monoisotopic (exact) mass is 318 g/mol. The highest BCUT2D eigenvalue weighted by atomic mass is 16.5. The molecular formula is C20H18N2O2. The summed E-state index contributed by atoms with van der Waals surface area (Å²) in [6.45, 7) is 0.488. The van der Waals surface area contributed by atoms with Gasteiger partial charge < -0.3 is 10.1 Å². The maximum atomic E-state index is 12.0. The van der Waals surface area contributed by atoms with E-state index in [9.17, 15) is 4.79 Å². The number of rotatable bonds is 6. The highest BCUT2D eigenvalue weighted by molar-refractivity contribution is 5.78. The highest BCUT2D eigenvalue weighted by Gasteiger charge is 2.04. The van der Waals surface area contributed by atoms with Crippen molar-refractivity contribution in [1.29, 1.82) is 0 Å². The van der Waals surface area contributed by atoms with Crippen LogP contribution in [0.5, 0.6) is 11.5 Å². The minimum absolute atomic E-state index is 0.0180. The highest BCUT2D eigenvalue weighted by Crippen LogP contribution is 2.21. The molecule has 4 heteroatoms. The topological polar surface area (TPSA) is 51.2 Å². The first-order chi connectivity index (χ1) is 11.8. The molecule has 0 aliphatic carbocycles. The Morgan fingerprint density at radius 3 is 2.33 bits per heavy atom. The molecule has 0 spiro atoms. The SMILES string of the molecule is O=C(Cc1ccc(Oc2ccccc2)cc1)NCc1cccnc1. The third-order valence-corrected chi connectivity index (χ3v) is 3.48. The summed E-state index contributed by atoms with van der Waals surface area (Å²) in [5.74, 6) is 1.52. The second kappa shape index (κ2) is 7.92. The molecule has 0 bridgehead atoms. The van der Waals surface area contributed by atoms with Gasteiger partial charge in [-0.15, -0.1) is 0 Å². The third-order valence-electron chi connectivity index (χ3n) is 3.48. The van der Waals surface area contributed by atoms with Gasteiger partial charge in [-0.05, 0) is 41.5 Å². The number of ether oxygens (including phenoxy) is 1. The van der Waals surface area contributed by atoms with Crippen LogP contribution in [0.4, 0.5) is 0 Å². The van der Waals surface area contributed by atoms with Crippen LogP contribution in [0.15, 0.2) is 79.1 Å². The van der Waals surface area contributed by atoms with Gasteiger partial charge in [0.05, 0.1) is 6.42 Å². The van der Waals surface area contributed by atoms with Gasteiger partial charge in [0.2, 0.25) is 5.91 Å². The lowest BCUT2D eigenvalue weighted by Gasteiger charge is -2.07. The van der Waals surface area contributed by atoms with Crippen LogP contribution < -0.4 is 10.1 Å². The van der Waals surface area contributed by atoms with Gasteiger partial charge in [-0.2, -0.15) is 0 Å². The minimum Gasteiger partial charge on any atom is -0.457 e. The molecule has 2 aromatic carbocycles. The van der Waals surface area contributed by atoms with Crippen LogP contribution in [0.3, 0.4) is 0 Å². The maximum absolute atomic E-state index is 12.0. The van der Waals surface area contributed by atoms with E-state index < -0.39 is 0 Å². The number of hydrogen-bond donors (Lipinski definition) is 1. The number of carbonyl (C=O) groups is 1. The van der Waals surface area contributed by atoms with Crippen molar-refractivity contribution in [3.05, 3.63) is 90.3 Å². The predicted molar refractivity (Wildman–Crippen MR) is 92.7 cm³/mol. The molecule has 0 radical (unpaired) electrons. The molecule has 1 aromatic heterocycles. The molecule has 24 heavy (non-hydrogen) atoms. The van der Waals surface area contributed by atoms with E-state index >= 15 is 0 Å². The minimum atomic E-state index is -0.0180. The Morgan fingerprint density at radius 2 is 1.62 bits per heavy atom. The van der Waals surface area contributed by atoms with E-state index in [0.29, 0.717) is 13.0 Å². The van der Waals surface area contributed by atoms with Crippen LogP contribution in [-0.2, 0) is 17.8 Å². The fourth-order valence-electron chi connectivity index (χ4n) is 2.25. The molecule has 0 saturated heterocycles. The fourth-order valence-corrected chi connectivity index (χ4v) is 2.25. The molecule has 3 aromatic rings. The van der Waals surface area contributed by atoms with E-state index in [1.807, 2.05) is 66.7 Å². The molecule has 0 aliphatic rings. The maximum Gasteiger partial charge on any atom is 0.224 e. The van der Waals surface area contributed by atoms with Crippen LogP contribution in [0.1, 0.15) is 11.1 Å². The quantitative estimate of drug-likeness (QED) is 0.753. The number of amides is 1.